The van der Waals surface area contributed by atoms with E-state index in [9.17, 15) is 0 Å². The molecule has 0 fully saturated rings. The smallest absolute Gasteiger partial charge is 0.0448 e. The summed E-state index contributed by atoms with van der Waals surface area (Å²) in [5.41, 5.74) is 7.57. The topological polar surface area (TPSA) is 0 Å². The minimum atomic E-state index is 1.24. The maximum Gasteiger partial charge on any atom is 0.0448 e. The molecule has 0 aliphatic heterocycles. The molecule has 2 heteroatoms. The Labute approximate surface area is 297 Å². The predicted molar refractivity (Wildman–Crippen MR) is 221 cm³/mol. The van der Waals surface area contributed by atoms with Crippen molar-refractivity contribution >= 4 is 95.3 Å². The zero-order chi connectivity index (χ0) is 32.8. The van der Waals surface area contributed by atoms with Crippen LogP contribution in [0.15, 0.2) is 170 Å². The second kappa shape index (κ2) is 10.9. The van der Waals surface area contributed by atoms with Crippen LogP contribution >= 0.6 is 22.7 Å². The fourth-order valence-electron chi connectivity index (χ4n) is 8.15. The van der Waals surface area contributed by atoms with Crippen LogP contribution in [0.5, 0.6) is 0 Å². The Morgan fingerprint density at radius 2 is 0.840 bits per heavy atom. The largest absolute Gasteiger partial charge is 0.135 e. The van der Waals surface area contributed by atoms with Crippen LogP contribution in [-0.2, 0) is 0 Å². The number of hydrogen-bond acceptors (Lipinski definition) is 2. The van der Waals surface area contributed by atoms with Gasteiger partial charge in [0.15, 0.2) is 0 Å². The fraction of sp³-hybridized carbons (Fsp3) is 0. The molecule has 2 heterocycles. The molecule has 0 saturated heterocycles. The van der Waals surface area contributed by atoms with Crippen molar-refractivity contribution in [3.8, 4) is 33.4 Å². The third-order valence-electron chi connectivity index (χ3n) is 10.5. The van der Waals surface area contributed by atoms with E-state index in [0.717, 1.165) is 0 Å². The third kappa shape index (κ3) is 4.16. The molecule has 232 valence electrons. The molecular weight excluding hydrogens is 641 g/mol. The highest BCUT2D eigenvalue weighted by molar-refractivity contribution is 7.29. The van der Waals surface area contributed by atoms with E-state index in [1.165, 1.54) is 106 Å². The van der Waals surface area contributed by atoms with E-state index in [1.54, 1.807) is 0 Å². The molecule has 0 spiro atoms. The van der Waals surface area contributed by atoms with Crippen molar-refractivity contribution < 1.29 is 0 Å². The third-order valence-corrected chi connectivity index (χ3v) is 12.8. The van der Waals surface area contributed by atoms with Crippen LogP contribution in [0.4, 0.5) is 0 Å². The zero-order valence-corrected chi connectivity index (χ0v) is 28.6. The van der Waals surface area contributed by atoms with Gasteiger partial charge in [0, 0.05) is 40.3 Å². The summed E-state index contributed by atoms with van der Waals surface area (Å²) in [5, 5.41) is 13.1. The van der Waals surface area contributed by atoms with Gasteiger partial charge in [0.25, 0.3) is 0 Å². The molecule has 0 N–H and O–H groups in total. The molecule has 0 bridgehead atoms. The average Bonchev–Trinajstić information content (AvgIpc) is 3.75. The molecule has 2 aromatic heterocycles. The van der Waals surface area contributed by atoms with E-state index < -0.39 is 0 Å². The van der Waals surface area contributed by atoms with Crippen molar-refractivity contribution in [2.24, 2.45) is 0 Å². The van der Waals surface area contributed by atoms with Crippen molar-refractivity contribution in [1.82, 2.24) is 0 Å². The van der Waals surface area contributed by atoms with Gasteiger partial charge in [-0.1, -0.05) is 146 Å². The van der Waals surface area contributed by atoms with E-state index in [2.05, 4.69) is 170 Å². The van der Waals surface area contributed by atoms with Crippen LogP contribution in [0.1, 0.15) is 0 Å². The van der Waals surface area contributed by atoms with E-state index in [-0.39, 0.29) is 0 Å². The van der Waals surface area contributed by atoms with Gasteiger partial charge in [0.2, 0.25) is 0 Å². The summed E-state index contributed by atoms with van der Waals surface area (Å²) in [6, 6.07) is 63.0. The van der Waals surface area contributed by atoms with E-state index in [4.69, 9.17) is 0 Å². The Balaban J connectivity index is 1.05. The lowest BCUT2D eigenvalue weighted by atomic mass is 9.85. The summed E-state index contributed by atoms with van der Waals surface area (Å²) in [4.78, 5) is 0. The Kier molecular flexibility index (Phi) is 6.09. The molecule has 11 rings (SSSR count). The Morgan fingerprint density at radius 3 is 1.58 bits per heavy atom. The molecule has 11 aromatic rings. The minimum Gasteiger partial charge on any atom is -0.135 e. The molecule has 0 radical (unpaired) electrons. The first-order valence-electron chi connectivity index (χ1n) is 17.1. The van der Waals surface area contributed by atoms with E-state index in [1.807, 2.05) is 22.7 Å². The summed E-state index contributed by atoms with van der Waals surface area (Å²) in [5.74, 6) is 0. The van der Waals surface area contributed by atoms with Crippen molar-refractivity contribution in [2.75, 3.05) is 0 Å². The van der Waals surface area contributed by atoms with Crippen LogP contribution in [0.25, 0.3) is 106 Å². The van der Waals surface area contributed by atoms with Crippen LogP contribution in [0.3, 0.4) is 0 Å². The van der Waals surface area contributed by atoms with Crippen molar-refractivity contribution in [3.63, 3.8) is 0 Å². The molecule has 0 aliphatic rings. The molecular formula is C48H28S2. The molecule has 0 atom stereocenters. The molecule has 0 unspecified atom stereocenters. The van der Waals surface area contributed by atoms with Gasteiger partial charge in [-0.15, -0.1) is 22.7 Å². The Hall–Kier alpha value is -5.80. The second-order valence-corrected chi connectivity index (χ2v) is 15.3. The van der Waals surface area contributed by atoms with Gasteiger partial charge < -0.3 is 0 Å². The average molecular weight is 669 g/mol. The predicted octanol–water partition coefficient (Wildman–Crippen LogP) is 14.9. The first-order chi connectivity index (χ1) is 24.8. The van der Waals surface area contributed by atoms with Gasteiger partial charge in [-0.3, -0.25) is 0 Å². The first kappa shape index (κ1) is 28.1. The fourth-order valence-corrected chi connectivity index (χ4v) is 10.6. The lowest BCUT2D eigenvalue weighted by molar-refractivity contribution is 1.63. The Bertz CT molecular complexity index is 3080. The van der Waals surface area contributed by atoms with Gasteiger partial charge in [0.05, 0.1) is 0 Å². The number of benzene rings is 9. The summed E-state index contributed by atoms with van der Waals surface area (Å²) >= 11 is 3.82. The van der Waals surface area contributed by atoms with Crippen molar-refractivity contribution in [1.29, 1.82) is 0 Å². The van der Waals surface area contributed by atoms with Gasteiger partial charge in [-0.05, 0) is 90.0 Å². The highest BCUT2D eigenvalue weighted by atomic mass is 32.1. The highest BCUT2D eigenvalue weighted by Crippen LogP contribution is 2.46. The van der Waals surface area contributed by atoms with Crippen LogP contribution in [-0.4, -0.2) is 0 Å². The van der Waals surface area contributed by atoms with Gasteiger partial charge in [0.1, 0.15) is 0 Å². The standard InChI is InChI=1S/C48H28S2/c1-2-10-32-27-34(22-19-29(32)9-1)46-38-14-5-3-12-36(38)45(37-13-4-6-15-39(37)46)31-20-17-30(18-21-31)33-23-24-41-44(28-33)49-43-26-25-40-35-11-7-8-16-42(35)50-48(40)47(41)43/h1-28H. The number of hydrogen-bond donors (Lipinski definition) is 0. The molecule has 0 saturated carbocycles. The lowest BCUT2D eigenvalue weighted by Crippen LogP contribution is -1.91. The number of rotatable bonds is 3. The summed E-state index contributed by atoms with van der Waals surface area (Å²) in [6.45, 7) is 0. The normalized spacial score (nSPS) is 12.0. The number of thiophene rings is 2. The lowest BCUT2D eigenvalue weighted by Gasteiger charge is -2.18. The monoisotopic (exact) mass is 668 g/mol. The van der Waals surface area contributed by atoms with Crippen LogP contribution in [0, 0.1) is 0 Å². The van der Waals surface area contributed by atoms with Gasteiger partial charge in [-0.2, -0.15) is 0 Å². The van der Waals surface area contributed by atoms with Gasteiger partial charge >= 0.3 is 0 Å². The zero-order valence-electron chi connectivity index (χ0n) is 27.0. The molecule has 0 aliphatic carbocycles. The van der Waals surface area contributed by atoms with Crippen molar-refractivity contribution in [2.45, 2.75) is 0 Å². The molecule has 0 amide bonds. The molecule has 0 nitrogen and oxygen atoms in total. The summed E-state index contributed by atoms with van der Waals surface area (Å²) in [6.07, 6.45) is 0. The summed E-state index contributed by atoms with van der Waals surface area (Å²) in [7, 11) is 0. The van der Waals surface area contributed by atoms with Crippen molar-refractivity contribution in [3.05, 3.63) is 170 Å². The number of fused-ring (bicyclic) bond motifs is 10. The maximum atomic E-state index is 2.39. The van der Waals surface area contributed by atoms with E-state index >= 15 is 0 Å². The minimum absolute atomic E-state index is 1.24. The highest BCUT2D eigenvalue weighted by Gasteiger charge is 2.18. The first-order valence-corrected chi connectivity index (χ1v) is 18.7. The Morgan fingerprint density at radius 1 is 0.280 bits per heavy atom. The maximum absolute atomic E-state index is 2.39. The quantitative estimate of drug-likeness (QED) is 0.164. The molecule has 9 aromatic carbocycles. The van der Waals surface area contributed by atoms with Gasteiger partial charge in [-0.25, -0.2) is 0 Å². The summed E-state index contributed by atoms with van der Waals surface area (Å²) < 4.78 is 5.46. The van der Waals surface area contributed by atoms with Crippen LogP contribution < -0.4 is 0 Å². The SMILES string of the molecule is c1ccc2cc(-c3c4ccccc4c(-c4ccc(-c5ccc6c(c5)sc5ccc7c8ccccc8sc7c56)cc4)c4ccccc34)ccc2c1. The molecule has 50 heavy (non-hydrogen) atoms. The second-order valence-electron chi connectivity index (χ2n) is 13.2. The van der Waals surface area contributed by atoms with Crippen LogP contribution in [0.2, 0.25) is 0 Å². The van der Waals surface area contributed by atoms with E-state index in [0.29, 0.717) is 0 Å².